The Balaban J connectivity index is 3.54. The second-order valence-corrected chi connectivity index (χ2v) is 8.78. The van der Waals surface area contributed by atoms with Gasteiger partial charge in [0, 0.05) is 12.8 Å². The summed E-state index contributed by atoms with van der Waals surface area (Å²) in [6, 6.07) is 0. The molecular weight excluding hydrogens is 392 g/mol. The van der Waals surface area contributed by atoms with Crippen molar-refractivity contribution in [2.45, 2.75) is 142 Å². The summed E-state index contributed by atoms with van der Waals surface area (Å²) in [5.41, 5.74) is 0. The quantitative estimate of drug-likeness (QED) is 0.138. The van der Waals surface area contributed by atoms with Gasteiger partial charge in [0.2, 0.25) is 0 Å². The minimum absolute atomic E-state index is 0.0620. The van der Waals surface area contributed by atoms with Crippen molar-refractivity contribution in [2.75, 3.05) is 13.2 Å². The van der Waals surface area contributed by atoms with Gasteiger partial charge in [-0.2, -0.15) is 0 Å². The van der Waals surface area contributed by atoms with Crippen molar-refractivity contribution in [1.29, 1.82) is 0 Å². The molecule has 1 unspecified atom stereocenters. The standard InChI is InChI=1S/C26H50O5/c1-3-5-7-9-10-11-12-13-14-15-16-17-19-21-26(29)31-24(22-27)23-30-25(28)20-18-8-6-4-2/h24,27H,3-23H2,1-2H3. The van der Waals surface area contributed by atoms with Crippen LogP contribution in [0.4, 0.5) is 0 Å². The Kier molecular flexibility index (Phi) is 22.7. The first-order valence-electron chi connectivity index (χ1n) is 13.1. The largest absolute Gasteiger partial charge is 0.462 e. The second kappa shape index (κ2) is 23.6. The van der Waals surface area contributed by atoms with Crippen LogP contribution in [0.1, 0.15) is 136 Å². The summed E-state index contributed by atoms with van der Waals surface area (Å²) in [6.45, 7) is 3.99. The average molecular weight is 443 g/mol. The van der Waals surface area contributed by atoms with E-state index in [9.17, 15) is 14.7 Å². The zero-order valence-corrected chi connectivity index (χ0v) is 20.5. The molecule has 0 heterocycles. The van der Waals surface area contributed by atoms with Crippen molar-refractivity contribution in [3.05, 3.63) is 0 Å². The Labute approximate surface area is 191 Å². The van der Waals surface area contributed by atoms with Crippen molar-refractivity contribution in [3.63, 3.8) is 0 Å². The van der Waals surface area contributed by atoms with Crippen molar-refractivity contribution in [1.82, 2.24) is 0 Å². The molecule has 31 heavy (non-hydrogen) atoms. The molecule has 0 spiro atoms. The smallest absolute Gasteiger partial charge is 0.306 e. The average Bonchev–Trinajstić information content (AvgIpc) is 2.77. The van der Waals surface area contributed by atoms with E-state index in [0.717, 1.165) is 44.9 Å². The summed E-state index contributed by atoms with van der Waals surface area (Å²) < 4.78 is 10.4. The van der Waals surface area contributed by atoms with Crippen LogP contribution in [0, 0.1) is 0 Å². The molecular formula is C26H50O5. The molecule has 184 valence electrons. The number of aliphatic hydroxyl groups is 1. The minimum Gasteiger partial charge on any atom is -0.462 e. The Hall–Kier alpha value is -1.10. The maximum Gasteiger partial charge on any atom is 0.306 e. The van der Waals surface area contributed by atoms with Crippen LogP contribution in [0.3, 0.4) is 0 Å². The Bertz CT molecular complexity index is 411. The van der Waals surface area contributed by atoms with E-state index in [2.05, 4.69) is 13.8 Å². The summed E-state index contributed by atoms with van der Waals surface area (Å²) in [4.78, 5) is 23.6. The molecule has 0 aromatic rings. The molecule has 0 aliphatic heterocycles. The lowest BCUT2D eigenvalue weighted by Gasteiger charge is -2.15. The molecule has 0 rings (SSSR count). The molecule has 0 saturated heterocycles. The molecule has 1 atom stereocenters. The molecule has 5 nitrogen and oxygen atoms in total. The van der Waals surface area contributed by atoms with Crippen LogP contribution in [0.15, 0.2) is 0 Å². The molecule has 0 radical (unpaired) electrons. The van der Waals surface area contributed by atoms with Gasteiger partial charge in [-0.1, -0.05) is 110 Å². The number of carbonyl (C=O) groups is 2. The lowest BCUT2D eigenvalue weighted by atomic mass is 10.0. The van der Waals surface area contributed by atoms with Crippen LogP contribution >= 0.6 is 0 Å². The summed E-state index contributed by atoms with van der Waals surface area (Å²) >= 11 is 0. The highest BCUT2D eigenvalue weighted by atomic mass is 16.6. The maximum atomic E-state index is 11.9. The number of esters is 2. The normalized spacial score (nSPS) is 12.0. The Morgan fingerprint density at radius 3 is 1.45 bits per heavy atom. The molecule has 5 heteroatoms. The number of ether oxygens (including phenoxy) is 2. The maximum absolute atomic E-state index is 11.9. The van der Waals surface area contributed by atoms with Gasteiger partial charge in [0.1, 0.15) is 6.61 Å². The fourth-order valence-corrected chi connectivity index (χ4v) is 3.61. The second-order valence-electron chi connectivity index (χ2n) is 8.78. The number of hydrogen-bond acceptors (Lipinski definition) is 5. The summed E-state index contributed by atoms with van der Waals surface area (Å²) in [6.07, 6.45) is 20.5. The first kappa shape index (κ1) is 29.9. The van der Waals surface area contributed by atoms with E-state index < -0.39 is 6.10 Å². The molecule has 1 N–H and O–H groups in total. The van der Waals surface area contributed by atoms with E-state index in [-0.39, 0.29) is 25.2 Å². The van der Waals surface area contributed by atoms with E-state index in [1.807, 2.05) is 0 Å². The third-order valence-electron chi connectivity index (χ3n) is 5.65. The molecule has 0 aliphatic carbocycles. The number of carbonyl (C=O) groups excluding carboxylic acids is 2. The van der Waals surface area contributed by atoms with E-state index in [0.29, 0.717) is 12.8 Å². The van der Waals surface area contributed by atoms with Gasteiger partial charge in [0.25, 0.3) is 0 Å². The van der Waals surface area contributed by atoms with Gasteiger partial charge < -0.3 is 14.6 Å². The number of hydrogen-bond donors (Lipinski definition) is 1. The number of unbranched alkanes of at least 4 members (excludes halogenated alkanes) is 15. The van der Waals surface area contributed by atoms with Crippen molar-refractivity contribution < 1.29 is 24.2 Å². The van der Waals surface area contributed by atoms with E-state index in [1.165, 1.54) is 64.2 Å². The van der Waals surface area contributed by atoms with Crippen molar-refractivity contribution in [2.24, 2.45) is 0 Å². The fourth-order valence-electron chi connectivity index (χ4n) is 3.61. The van der Waals surface area contributed by atoms with E-state index >= 15 is 0 Å². The van der Waals surface area contributed by atoms with Gasteiger partial charge in [-0.25, -0.2) is 0 Å². The van der Waals surface area contributed by atoms with Gasteiger partial charge in [0.05, 0.1) is 6.61 Å². The highest BCUT2D eigenvalue weighted by Gasteiger charge is 2.16. The monoisotopic (exact) mass is 442 g/mol. The fraction of sp³-hybridized carbons (Fsp3) is 0.923. The van der Waals surface area contributed by atoms with Crippen LogP contribution in [-0.4, -0.2) is 36.4 Å². The van der Waals surface area contributed by atoms with Crippen molar-refractivity contribution >= 4 is 11.9 Å². The molecule has 0 aliphatic rings. The van der Waals surface area contributed by atoms with Gasteiger partial charge >= 0.3 is 11.9 Å². The van der Waals surface area contributed by atoms with E-state index in [4.69, 9.17) is 9.47 Å². The number of aliphatic hydroxyl groups excluding tert-OH is 1. The molecule has 0 amide bonds. The Morgan fingerprint density at radius 1 is 0.613 bits per heavy atom. The molecule has 0 fully saturated rings. The zero-order valence-electron chi connectivity index (χ0n) is 20.5. The molecule has 0 aromatic carbocycles. The van der Waals surface area contributed by atoms with Crippen LogP contribution < -0.4 is 0 Å². The highest BCUT2D eigenvalue weighted by Crippen LogP contribution is 2.13. The summed E-state index contributed by atoms with van der Waals surface area (Å²) in [5, 5.41) is 9.35. The SMILES string of the molecule is CCCCCCCCCCCCCCCC(=O)OC(CO)COC(=O)CCCCCC. The van der Waals surface area contributed by atoms with Crippen molar-refractivity contribution in [3.8, 4) is 0 Å². The third kappa shape index (κ3) is 21.9. The first-order valence-corrected chi connectivity index (χ1v) is 13.1. The minimum atomic E-state index is -0.755. The van der Waals surface area contributed by atoms with Gasteiger partial charge in [0.15, 0.2) is 6.10 Å². The first-order chi connectivity index (χ1) is 15.1. The van der Waals surface area contributed by atoms with Crippen LogP contribution in [0.5, 0.6) is 0 Å². The summed E-state index contributed by atoms with van der Waals surface area (Å²) in [5.74, 6) is -0.608. The van der Waals surface area contributed by atoms with Crippen LogP contribution in [0.25, 0.3) is 0 Å². The Morgan fingerprint density at radius 2 is 1.00 bits per heavy atom. The summed E-state index contributed by atoms with van der Waals surface area (Å²) in [7, 11) is 0. The lowest BCUT2D eigenvalue weighted by molar-refractivity contribution is -0.161. The third-order valence-corrected chi connectivity index (χ3v) is 5.65. The highest BCUT2D eigenvalue weighted by molar-refractivity contribution is 5.70. The van der Waals surface area contributed by atoms with E-state index in [1.54, 1.807) is 0 Å². The predicted octanol–water partition coefficient (Wildman–Crippen LogP) is 6.89. The molecule has 0 aromatic heterocycles. The number of rotatable bonds is 23. The molecule has 0 saturated carbocycles. The van der Waals surface area contributed by atoms with Crippen LogP contribution in [0.2, 0.25) is 0 Å². The predicted molar refractivity (Wildman–Crippen MR) is 127 cm³/mol. The molecule has 0 bridgehead atoms. The van der Waals surface area contributed by atoms with Crippen LogP contribution in [-0.2, 0) is 19.1 Å². The topological polar surface area (TPSA) is 72.8 Å². The van der Waals surface area contributed by atoms with Gasteiger partial charge in [-0.05, 0) is 12.8 Å². The lowest BCUT2D eigenvalue weighted by Crippen LogP contribution is -2.28. The zero-order chi connectivity index (χ0) is 23.0. The van der Waals surface area contributed by atoms with Gasteiger partial charge in [-0.3, -0.25) is 9.59 Å². The van der Waals surface area contributed by atoms with Gasteiger partial charge in [-0.15, -0.1) is 0 Å².